The highest BCUT2D eigenvalue weighted by Gasteiger charge is 2.30. The second-order valence-electron chi connectivity index (χ2n) is 6.71. The van der Waals surface area contributed by atoms with Gasteiger partial charge >= 0.3 is 0 Å². The van der Waals surface area contributed by atoms with E-state index >= 15 is 0 Å². The molecule has 3 heterocycles. The molecular formula is C19H21N5O2. The Labute approximate surface area is 151 Å². The lowest BCUT2D eigenvalue weighted by atomic mass is 9.90. The second-order valence-corrected chi connectivity index (χ2v) is 6.71. The number of nitrogens with zero attached hydrogens (tertiary/aromatic N) is 5. The summed E-state index contributed by atoms with van der Waals surface area (Å²) >= 11 is 0. The number of aliphatic hydroxyl groups is 1. The lowest BCUT2D eigenvalue weighted by Gasteiger charge is -2.33. The van der Waals surface area contributed by atoms with E-state index in [2.05, 4.69) is 15.0 Å². The first-order valence-corrected chi connectivity index (χ1v) is 8.80. The standard InChI is InChI=1S/C19H21N5O2/c1-23-11-8-20-18(23)17(25)13-6-9-24(10-7-13)19(26)16-12-21-14-4-2-3-5-15(14)22-16/h2-5,8,11-13,17,25H,6-7,9-10H2,1H3/t17-/m0/s1. The van der Waals surface area contributed by atoms with Crippen LogP contribution in [-0.4, -0.2) is 48.5 Å². The molecule has 4 rings (SSSR count). The number of hydrogen-bond acceptors (Lipinski definition) is 5. The largest absolute Gasteiger partial charge is 0.385 e. The zero-order valence-corrected chi connectivity index (χ0v) is 14.6. The highest BCUT2D eigenvalue weighted by molar-refractivity contribution is 5.93. The Kier molecular flexibility index (Phi) is 4.38. The zero-order valence-electron chi connectivity index (χ0n) is 14.6. The summed E-state index contributed by atoms with van der Waals surface area (Å²) in [5, 5.41) is 10.6. The number of carbonyl (C=O) groups is 1. The Morgan fingerprint density at radius 1 is 1.19 bits per heavy atom. The van der Waals surface area contributed by atoms with Crippen LogP contribution < -0.4 is 0 Å². The van der Waals surface area contributed by atoms with E-state index in [1.165, 1.54) is 0 Å². The monoisotopic (exact) mass is 351 g/mol. The van der Waals surface area contributed by atoms with Crippen LogP contribution >= 0.6 is 0 Å². The number of imidazole rings is 1. The molecule has 7 heteroatoms. The van der Waals surface area contributed by atoms with Gasteiger partial charge in [-0.15, -0.1) is 0 Å². The van der Waals surface area contributed by atoms with Gasteiger partial charge in [0.25, 0.3) is 5.91 Å². The second kappa shape index (κ2) is 6.84. The van der Waals surface area contributed by atoms with Crippen LogP contribution in [0.3, 0.4) is 0 Å². The number of likely N-dealkylation sites (tertiary alicyclic amines) is 1. The lowest BCUT2D eigenvalue weighted by molar-refractivity contribution is 0.0417. The van der Waals surface area contributed by atoms with Crippen LogP contribution in [0, 0.1) is 5.92 Å². The Hall–Kier alpha value is -2.80. The number of rotatable bonds is 3. The van der Waals surface area contributed by atoms with Crippen LogP contribution in [-0.2, 0) is 7.05 Å². The van der Waals surface area contributed by atoms with Crippen molar-refractivity contribution in [1.29, 1.82) is 0 Å². The molecule has 1 aliphatic rings. The number of benzene rings is 1. The van der Waals surface area contributed by atoms with Crippen molar-refractivity contribution in [3.8, 4) is 0 Å². The molecule has 7 nitrogen and oxygen atoms in total. The number of carbonyl (C=O) groups excluding carboxylic acids is 1. The number of aryl methyl sites for hydroxylation is 1. The van der Waals surface area contributed by atoms with Gasteiger partial charge in [0.05, 0.1) is 17.2 Å². The topological polar surface area (TPSA) is 84.1 Å². The molecular weight excluding hydrogens is 330 g/mol. The highest BCUT2D eigenvalue weighted by atomic mass is 16.3. The quantitative estimate of drug-likeness (QED) is 0.780. The molecule has 26 heavy (non-hydrogen) atoms. The third-order valence-electron chi connectivity index (χ3n) is 5.06. The van der Waals surface area contributed by atoms with E-state index in [-0.39, 0.29) is 11.8 Å². The molecule has 1 N–H and O–H groups in total. The average molecular weight is 351 g/mol. The summed E-state index contributed by atoms with van der Waals surface area (Å²) in [5.74, 6) is 0.672. The van der Waals surface area contributed by atoms with Gasteiger partial charge in [-0.1, -0.05) is 12.1 Å². The molecule has 1 amide bonds. The van der Waals surface area contributed by atoms with Gasteiger partial charge in [-0.05, 0) is 30.9 Å². The molecule has 2 aromatic heterocycles. The van der Waals surface area contributed by atoms with Crippen molar-refractivity contribution in [3.05, 3.63) is 54.4 Å². The third kappa shape index (κ3) is 3.06. The van der Waals surface area contributed by atoms with Gasteiger partial charge in [-0.2, -0.15) is 0 Å². The van der Waals surface area contributed by atoms with E-state index in [1.807, 2.05) is 42.1 Å². The van der Waals surface area contributed by atoms with Gasteiger partial charge in [-0.3, -0.25) is 9.78 Å². The highest BCUT2D eigenvalue weighted by Crippen LogP contribution is 2.30. The normalized spacial score (nSPS) is 16.8. The van der Waals surface area contributed by atoms with E-state index in [4.69, 9.17) is 0 Å². The summed E-state index contributed by atoms with van der Waals surface area (Å²) in [6.07, 6.45) is 5.93. The third-order valence-corrected chi connectivity index (χ3v) is 5.06. The summed E-state index contributed by atoms with van der Waals surface area (Å²) in [6, 6.07) is 7.52. The smallest absolute Gasteiger partial charge is 0.274 e. The first kappa shape index (κ1) is 16.7. The minimum atomic E-state index is -0.604. The number of para-hydroxylation sites is 2. The van der Waals surface area contributed by atoms with E-state index in [0.29, 0.717) is 24.6 Å². The van der Waals surface area contributed by atoms with Crippen molar-refractivity contribution < 1.29 is 9.90 Å². The predicted octanol–water partition coefficient (Wildman–Crippen LogP) is 1.95. The van der Waals surface area contributed by atoms with Gasteiger partial charge in [0.15, 0.2) is 0 Å². The predicted molar refractivity (Wildman–Crippen MR) is 96.3 cm³/mol. The molecule has 1 aliphatic heterocycles. The van der Waals surface area contributed by atoms with Crippen molar-refractivity contribution in [2.24, 2.45) is 13.0 Å². The Morgan fingerprint density at radius 3 is 2.62 bits per heavy atom. The molecule has 0 saturated carbocycles. The van der Waals surface area contributed by atoms with E-state index in [0.717, 1.165) is 23.9 Å². The number of amides is 1. The average Bonchev–Trinajstić information content (AvgIpc) is 3.12. The number of fused-ring (bicyclic) bond motifs is 1. The number of aromatic nitrogens is 4. The van der Waals surface area contributed by atoms with Crippen LogP contribution in [0.4, 0.5) is 0 Å². The molecule has 0 spiro atoms. The van der Waals surface area contributed by atoms with Gasteiger partial charge in [0.2, 0.25) is 0 Å². The minimum absolute atomic E-state index is 0.0998. The number of hydrogen-bond donors (Lipinski definition) is 1. The first-order chi connectivity index (χ1) is 12.6. The first-order valence-electron chi connectivity index (χ1n) is 8.80. The number of piperidine rings is 1. The molecule has 1 saturated heterocycles. The van der Waals surface area contributed by atoms with Crippen molar-refractivity contribution in [2.45, 2.75) is 18.9 Å². The van der Waals surface area contributed by atoms with Gasteiger partial charge in [0, 0.05) is 32.5 Å². The molecule has 0 unspecified atom stereocenters. The van der Waals surface area contributed by atoms with Crippen molar-refractivity contribution in [2.75, 3.05) is 13.1 Å². The summed E-state index contributed by atoms with van der Waals surface area (Å²) in [6.45, 7) is 1.19. The maximum absolute atomic E-state index is 12.7. The summed E-state index contributed by atoms with van der Waals surface area (Å²) in [5.41, 5.74) is 1.87. The maximum Gasteiger partial charge on any atom is 0.274 e. The van der Waals surface area contributed by atoms with E-state index in [1.54, 1.807) is 17.3 Å². The molecule has 0 radical (unpaired) electrons. The summed E-state index contributed by atoms with van der Waals surface area (Å²) in [4.78, 5) is 27.5. The Bertz CT molecular complexity index is 930. The maximum atomic E-state index is 12.7. The van der Waals surface area contributed by atoms with Crippen LogP contribution in [0.1, 0.15) is 35.3 Å². The SMILES string of the molecule is Cn1ccnc1[C@@H](O)C1CCN(C(=O)c2cnc3ccccc3n2)CC1. The Morgan fingerprint density at radius 2 is 1.92 bits per heavy atom. The van der Waals surface area contributed by atoms with Crippen molar-refractivity contribution in [1.82, 2.24) is 24.4 Å². The van der Waals surface area contributed by atoms with Gasteiger partial charge in [0.1, 0.15) is 17.6 Å². The van der Waals surface area contributed by atoms with Gasteiger partial charge in [-0.25, -0.2) is 9.97 Å². The summed E-state index contributed by atoms with van der Waals surface area (Å²) in [7, 11) is 1.88. The van der Waals surface area contributed by atoms with Crippen LogP contribution in [0.2, 0.25) is 0 Å². The van der Waals surface area contributed by atoms with Crippen molar-refractivity contribution >= 4 is 16.9 Å². The van der Waals surface area contributed by atoms with E-state index in [9.17, 15) is 9.90 Å². The molecule has 1 fully saturated rings. The van der Waals surface area contributed by atoms with E-state index < -0.39 is 6.10 Å². The fraction of sp³-hybridized carbons (Fsp3) is 0.368. The van der Waals surface area contributed by atoms with Crippen molar-refractivity contribution in [3.63, 3.8) is 0 Å². The molecule has 3 aromatic rings. The van der Waals surface area contributed by atoms with Crippen LogP contribution in [0.15, 0.2) is 42.9 Å². The fourth-order valence-electron chi connectivity index (χ4n) is 3.51. The number of aliphatic hydroxyl groups excluding tert-OH is 1. The summed E-state index contributed by atoms with van der Waals surface area (Å²) < 4.78 is 1.84. The van der Waals surface area contributed by atoms with Gasteiger partial charge < -0.3 is 14.6 Å². The molecule has 0 aliphatic carbocycles. The molecule has 134 valence electrons. The molecule has 1 aromatic carbocycles. The molecule has 0 bridgehead atoms. The Balaban J connectivity index is 1.43. The fourth-order valence-corrected chi connectivity index (χ4v) is 3.51. The minimum Gasteiger partial charge on any atom is -0.385 e. The van der Waals surface area contributed by atoms with Crippen LogP contribution in [0.5, 0.6) is 0 Å². The lowest BCUT2D eigenvalue weighted by Crippen LogP contribution is -2.40. The zero-order chi connectivity index (χ0) is 18.1. The molecule has 1 atom stereocenters. The van der Waals surface area contributed by atoms with Crippen LogP contribution in [0.25, 0.3) is 11.0 Å².